The van der Waals surface area contributed by atoms with Crippen molar-refractivity contribution in [3.8, 4) is 22.9 Å². The van der Waals surface area contributed by atoms with Gasteiger partial charge in [0.2, 0.25) is 0 Å². The first-order chi connectivity index (χ1) is 16.1. The molecule has 0 fully saturated rings. The zero-order valence-electron chi connectivity index (χ0n) is 17.7. The van der Waals surface area contributed by atoms with Gasteiger partial charge < -0.3 is 4.57 Å². The number of alkyl halides is 3. The fraction of sp³-hybridized carbons (Fsp3) is 0.200. The van der Waals surface area contributed by atoms with E-state index >= 15 is 0 Å². The molecule has 174 valence electrons. The third kappa shape index (κ3) is 3.37. The summed E-state index contributed by atoms with van der Waals surface area (Å²) in [6.07, 6.45) is 0.892. The highest BCUT2D eigenvalue weighted by atomic mass is 32.2. The molecule has 0 amide bonds. The van der Waals surface area contributed by atoms with Crippen molar-refractivity contribution in [1.82, 2.24) is 39.1 Å². The van der Waals surface area contributed by atoms with Gasteiger partial charge in [0.25, 0.3) is 0 Å². The maximum Gasteiger partial charge on any atom is 0.433 e. The summed E-state index contributed by atoms with van der Waals surface area (Å²) in [6.45, 7) is 1.46. The molecule has 0 atom stereocenters. The highest BCUT2D eigenvalue weighted by Crippen LogP contribution is 2.35. The lowest BCUT2D eigenvalue weighted by Gasteiger charge is -2.05. The van der Waals surface area contributed by atoms with E-state index in [1.54, 1.807) is 19.2 Å². The van der Waals surface area contributed by atoms with Crippen molar-refractivity contribution in [3.63, 3.8) is 0 Å². The lowest BCUT2D eigenvalue weighted by atomic mass is 10.3. The van der Waals surface area contributed by atoms with Crippen molar-refractivity contribution in [2.24, 2.45) is 7.05 Å². The van der Waals surface area contributed by atoms with Gasteiger partial charge >= 0.3 is 6.18 Å². The summed E-state index contributed by atoms with van der Waals surface area (Å²) in [7, 11) is -2.33. The van der Waals surface area contributed by atoms with Gasteiger partial charge in [-0.2, -0.15) is 18.3 Å². The fourth-order valence-corrected chi connectivity index (χ4v) is 4.52. The SMILES string of the molecule is CCS(=O)(=O)c1nn2c(-c3ncccn3)ccnc2c1-c1nc2cc(C(F)(F)F)ncc2n1C. The van der Waals surface area contributed by atoms with Crippen molar-refractivity contribution in [3.05, 3.63) is 48.7 Å². The Bertz CT molecular complexity index is 1660. The lowest BCUT2D eigenvalue weighted by Crippen LogP contribution is -2.07. The molecule has 0 aliphatic carbocycles. The first kappa shape index (κ1) is 21.9. The van der Waals surface area contributed by atoms with E-state index in [2.05, 4.69) is 30.0 Å². The third-order valence-corrected chi connectivity index (χ3v) is 6.87. The van der Waals surface area contributed by atoms with Gasteiger partial charge in [-0.15, -0.1) is 0 Å². The molecule has 0 N–H and O–H groups in total. The maximum atomic E-state index is 13.2. The van der Waals surface area contributed by atoms with Gasteiger partial charge in [0, 0.05) is 25.6 Å². The summed E-state index contributed by atoms with van der Waals surface area (Å²) in [5, 5.41) is 4.02. The fourth-order valence-electron chi connectivity index (χ4n) is 3.54. The van der Waals surface area contributed by atoms with Crippen molar-refractivity contribution in [2.75, 3.05) is 5.75 Å². The van der Waals surface area contributed by atoms with Crippen LogP contribution < -0.4 is 0 Å². The zero-order valence-corrected chi connectivity index (χ0v) is 18.5. The molecule has 34 heavy (non-hydrogen) atoms. The van der Waals surface area contributed by atoms with E-state index in [-0.39, 0.29) is 44.7 Å². The monoisotopic (exact) mass is 488 g/mol. The topological polar surface area (TPSA) is 121 Å². The average Bonchev–Trinajstić information content (AvgIpc) is 3.37. The molecule has 14 heteroatoms. The van der Waals surface area contributed by atoms with Crippen molar-refractivity contribution < 1.29 is 21.6 Å². The zero-order chi connectivity index (χ0) is 24.3. The van der Waals surface area contributed by atoms with Crippen LogP contribution in [-0.2, 0) is 23.1 Å². The minimum Gasteiger partial charge on any atom is -0.326 e. The number of aryl methyl sites for hydroxylation is 1. The molecular formula is C20H15F3N8O2S. The van der Waals surface area contributed by atoms with Crippen LogP contribution in [0, 0.1) is 0 Å². The van der Waals surface area contributed by atoms with E-state index in [0.717, 1.165) is 12.3 Å². The number of pyridine rings is 1. The second kappa shape index (κ2) is 7.55. The van der Waals surface area contributed by atoms with Gasteiger partial charge in [-0.3, -0.25) is 0 Å². The van der Waals surface area contributed by atoms with Crippen LogP contribution in [0.3, 0.4) is 0 Å². The van der Waals surface area contributed by atoms with Crippen LogP contribution in [0.2, 0.25) is 0 Å². The first-order valence-corrected chi connectivity index (χ1v) is 11.5. The third-order valence-electron chi connectivity index (χ3n) is 5.24. The Morgan fingerprint density at radius 2 is 1.79 bits per heavy atom. The van der Waals surface area contributed by atoms with Gasteiger partial charge in [-0.1, -0.05) is 6.92 Å². The first-order valence-electron chi connectivity index (χ1n) is 9.89. The Morgan fingerprint density at radius 3 is 2.47 bits per heavy atom. The molecule has 0 spiro atoms. The summed E-state index contributed by atoms with van der Waals surface area (Å²) < 4.78 is 68.2. The maximum absolute atomic E-state index is 13.2. The van der Waals surface area contributed by atoms with Crippen molar-refractivity contribution in [2.45, 2.75) is 18.1 Å². The number of halogens is 3. The molecule has 0 aliphatic heterocycles. The number of nitrogens with zero attached hydrogens (tertiary/aromatic N) is 8. The minimum atomic E-state index is -4.65. The van der Waals surface area contributed by atoms with E-state index in [1.165, 1.54) is 34.6 Å². The molecule has 0 aliphatic rings. The Labute approximate surface area is 190 Å². The Balaban J connectivity index is 1.85. The Kier molecular flexibility index (Phi) is 4.86. The molecule has 0 unspecified atom stereocenters. The summed E-state index contributed by atoms with van der Waals surface area (Å²) in [5.41, 5.74) is -0.241. The van der Waals surface area contributed by atoms with E-state index in [1.807, 2.05) is 0 Å². The molecular weight excluding hydrogens is 473 g/mol. The number of imidazole rings is 1. The Morgan fingerprint density at radius 1 is 1.06 bits per heavy atom. The number of sulfone groups is 1. The molecule has 5 heterocycles. The predicted octanol–water partition coefficient (Wildman–Crippen LogP) is 2.95. The number of hydrogen-bond donors (Lipinski definition) is 0. The normalized spacial score (nSPS) is 12.6. The molecule has 10 nitrogen and oxygen atoms in total. The summed E-state index contributed by atoms with van der Waals surface area (Å²) in [5.74, 6) is 0.107. The molecule has 0 saturated heterocycles. The summed E-state index contributed by atoms with van der Waals surface area (Å²) in [6, 6.07) is 4.02. The standard InChI is InChI=1S/C20H15F3N8O2S/c1-3-34(32,33)19-15(17-26-8-5-12(31(17)29-19)16-24-6-4-7-25-16)18-28-11-9-14(20(21,22)23)27-10-13(11)30(18)2/h4-10H,3H2,1-2H3. The molecule has 0 bridgehead atoms. The second-order valence-corrected chi connectivity index (χ2v) is 9.47. The van der Waals surface area contributed by atoms with E-state index in [9.17, 15) is 21.6 Å². The van der Waals surface area contributed by atoms with Gasteiger partial charge in [0.15, 0.2) is 26.3 Å². The largest absolute Gasteiger partial charge is 0.433 e. The van der Waals surface area contributed by atoms with Crippen LogP contribution in [0.5, 0.6) is 0 Å². The van der Waals surface area contributed by atoms with Crippen LogP contribution >= 0.6 is 0 Å². The van der Waals surface area contributed by atoms with Crippen LogP contribution in [0.4, 0.5) is 13.2 Å². The van der Waals surface area contributed by atoms with Crippen LogP contribution in [0.15, 0.2) is 48.0 Å². The van der Waals surface area contributed by atoms with E-state index in [0.29, 0.717) is 5.69 Å². The molecule has 5 aromatic rings. The highest BCUT2D eigenvalue weighted by molar-refractivity contribution is 7.91. The molecule has 0 aromatic carbocycles. The van der Waals surface area contributed by atoms with Crippen LogP contribution in [0.25, 0.3) is 39.6 Å². The smallest absolute Gasteiger partial charge is 0.326 e. The van der Waals surface area contributed by atoms with E-state index < -0.39 is 21.7 Å². The van der Waals surface area contributed by atoms with Crippen molar-refractivity contribution >= 4 is 26.5 Å². The number of hydrogen-bond acceptors (Lipinski definition) is 8. The quantitative estimate of drug-likeness (QED) is 0.379. The summed E-state index contributed by atoms with van der Waals surface area (Å²) >= 11 is 0. The van der Waals surface area contributed by atoms with Crippen LogP contribution in [-0.4, -0.2) is 53.3 Å². The van der Waals surface area contributed by atoms with Crippen molar-refractivity contribution in [1.29, 1.82) is 0 Å². The van der Waals surface area contributed by atoms with E-state index in [4.69, 9.17) is 0 Å². The van der Waals surface area contributed by atoms with Gasteiger partial charge in [-0.25, -0.2) is 37.9 Å². The number of fused-ring (bicyclic) bond motifs is 2. The molecule has 5 aromatic heterocycles. The highest BCUT2D eigenvalue weighted by Gasteiger charge is 2.34. The molecule has 0 saturated carbocycles. The lowest BCUT2D eigenvalue weighted by molar-refractivity contribution is -0.141. The molecule has 0 radical (unpaired) electrons. The van der Waals surface area contributed by atoms with Gasteiger partial charge in [-0.05, 0) is 18.2 Å². The summed E-state index contributed by atoms with van der Waals surface area (Å²) in [4.78, 5) is 20.5. The average molecular weight is 488 g/mol. The predicted molar refractivity (Wildman–Crippen MR) is 114 cm³/mol. The van der Waals surface area contributed by atoms with Gasteiger partial charge in [0.1, 0.15) is 22.8 Å². The minimum absolute atomic E-state index is 0.00145. The Hall–Kier alpha value is -3.94. The van der Waals surface area contributed by atoms with Crippen LogP contribution in [0.1, 0.15) is 12.6 Å². The van der Waals surface area contributed by atoms with Gasteiger partial charge in [0.05, 0.1) is 23.0 Å². The number of rotatable bonds is 4. The number of aromatic nitrogens is 8. The molecule has 5 rings (SSSR count). The second-order valence-electron chi connectivity index (χ2n) is 7.27.